The highest BCUT2D eigenvalue weighted by Gasteiger charge is 2.11. The van der Waals surface area contributed by atoms with Gasteiger partial charge in [0.1, 0.15) is 11.6 Å². The lowest BCUT2D eigenvalue weighted by Crippen LogP contribution is -2.24. The van der Waals surface area contributed by atoms with Crippen molar-refractivity contribution in [2.24, 2.45) is 11.5 Å². The normalized spacial score (nSPS) is 10.0. The van der Waals surface area contributed by atoms with Crippen molar-refractivity contribution < 1.29 is 14.3 Å². The average Bonchev–Trinajstić information content (AvgIpc) is 2.58. The summed E-state index contributed by atoms with van der Waals surface area (Å²) in [5.41, 5.74) is 12.2. The van der Waals surface area contributed by atoms with E-state index in [2.05, 4.69) is 5.32 Å². The van der Waals surface area contributed by atoms with Crippen molar-refractivity contribution >= 4 is 17.6 Å². The SMILES string of the molecule is N=C(N)c1ccc(CNC(=O)c2ccccc2)c(OCC(N)=O)c1. The lowest BCUT2D eigenvalue weighted by atomic mass is 10.1. The van der Waals surface area contributed by atoms with Gasteiger partial charge in [0.15, 0.2) is 6.61 Å². The number of nitrogens with one attached hydrogen (secondary N) is 2. The van der Waals surface area contributed by atoms with E-state index in [0.29, 0.717) is 22.4 Å². The van der Waals surface area contributed by atoms with Crippen LogP contribution in [-0.4, -0.2) is 24.3 Å². The molecule has 0 atom stereocenters. The molecule has 2 aromatic rings. The maximum absolute atomic E-state index is 12.1. The molecule has 0 saturated heterocycles. The molecule has 2 aromatic carbocycles. The number of carbonyl (C=O) groups excluding carboxylic acids is 2. The minimum atomic E-state index is -0.623. The molecule has 0 aromatic heterocycles. The van der Waals surface area contributed by atoms with Crippen LogP contribution >= 0.6 is 0 Å². The molecule has 0 aliphatic carbocycles. The van der Waals surface area contributed by atoms with Crippen LogP contribution in [0.25, 0.3) is 0 Å². The molecule has 2 rings (SSSR count). The van der Waals surface area contributed by atoms with Crippen molar-refractivity contribution in [3.8, 4) is 5.75 Å². The van der Waals surface area contributed by atoms with Crippen molar-refractivity contribution in [2.45, 2.75) is 6.54 Å². The molecule has 0 unspecified atom stereocenters. The summed E-state index contributed by atoms with van der Waals surface area (Å²) >= 11 is 0. The van der Waals surface area contributed by atoms with Crippen molar-refractivity contribution in [1.29, 1.82) is 5.41 Å². The number of ether oxygens (including phenoxy) is 1. The number of nitrogen functional groups attached to an aromatic ring is 1. The van der Waals surface area contributed by atoms with Gasteiger partial charge in [-0.1, -0.05) is 30.3 Å². The summed E-state index contributed by atoms with van der Waals surface area (Å²) in [5, 5.41) is 10.2. The largest absolute Gasteiger partial charge is 0.483 e. The number of primary amides is 1. The highest BCUT2D eigenvalue weighted by Crippen LogP contribution is 2.20. The molecular formula is C17H18N4O3. The first kappa shape index (κ1) is 17.0. The van der Waals surface area contributed by atoms with Crippen LogP contribution in [0.1, 0.15) is 21.5 Å². The number of hydrogen-bond donors (Lipinski definition) is 4. The summed E-state index contributed by atoms with van der Waals surface area (Å²) < 4.78 is 5.35. The maximum Gasteiger partial charge on any atom is 0.255 e. The molecule has 0 aliphatic heterocycles. The third-order valence-corrected chi connectivity index (χ3v) is 3.22. The first-order valence-electron chi connectivity index (χ1n) is 7.19. The van der Waals surface area contributed by atoms with Gasteiger partial charge < -0.3 is 21.5 Å². The first-order valence-corrected chi connectivity index (χ1v) is 7.19. The van der Waals surface area contributed by atoms with E-state index in [9.17, 15) is 9.59 Å². The Morgan fingerprint density at radius 3 is 2.38 bits per heavy atom. The Balaban J connectivity index is 2.14. The van der Waals surface area contributed by atoms with Crippen LogP contribution in [0.3, 0.4) is 0 Å². The van der Waals surface area contributed by atoms with Gasteiger partial charge in [-0.2, -0.15) is 0 Å². The zero-order valence-corrected chi connectivity index (χ0v) is 12.9. The molecule has 0 fully saturated rings. The zero-order chi connectivity index (χ0) is 17.5. The summed E-state index contributed by atoms with van der Waals surface area (Å²) in [6, 6.07) is 13.7. The fraction of sp³-hybridized carbons (Fsp3) is 0.118. The van der Waals surface area contributed by atoms with E-state index in [1.165, 1.54) is 6.07 Å². The molecule has 6 N–H and O–H groups in total. The second-order valence-corrected chi connectivity index (χ2v) is 5.04. The van der Waals surface area contributed by atoms with E-state index in [1.54, 1.807) is 36.4 Å². The van der Waals surface area contributed by atoms with Gasteiger partial charge in [0.25, 0.3) is 11.8 Å². The first-order chi connectivity index (χ1) is 11.5. The minimum absolute atomic E-state index is 0.126. The minimum Gasteiger partial charge on any atom is -0.483 e. The average molecular weight is 326 g/mol. The highest BCUT2D eigenvalue weighted by molar-refractivity contribution is 5.95. The number of amidine groups is 1. The Morgan fingerprint density at radius 1 is 1.04 bits per heavy atom. The fourth-order valence-corrected chi connectivity index (χ4v) is 2.02. The molecule has 0 saturated carbocycles. The molecule has 24 heavy (non-hydrogen) atoms. The lowest BCUT2D eigenvalue weighted by Gasteiger charge is -2.13. The van der Waals surface area contributed by atoms with Gasteiger partial charge in [-0.15, -0.1) is 0 Å². The van der Waals surface area contributed by atoms with Crippen molar-refractivity contribution in [1.82, 2.24) is 5.32 Å². The Kier molecular flexibility index (Phi) is 5.51. The van der Waals surface area contributed by atoms with Crippen molar-refractivity contribution in [2.75, 3.05) is 6.61 Å². The predicted octanol–water partition coefficient (Wildman–Crippen LogP) is 0.765. The molecule has 7 nitrogen and oxygen atoms in total. The monoisotopic (exact) mass is 326 g/mol. The van der Waals surface area contributed by atoms with E-state index >= 15 is 0 Å². The Labute approximate surface area is 139 Å². The van der Waals surface area contributed by atoms with Gasteiger partial charge in [-0.3, -0.25) is 15.0 Å². The van der Waals surface area contributed by atoms with Crippen LogP contribution in [0, 0.1) is 5.41 Å². The van der Waals surface area contributed by atoms with Gasteiger partial charge in [-0.05, 0) is 18.2 Å². The standard InChI is InChI=1S/C17H18N4O3/c18-15(22)10-24-14-8-12(16(19)20)6-7-13(14)9-21-17(23)11-4-2-1-3-5-11/h1-8H,9-10H2,(H2,18,22)(H3,19,20)(H,21,23). The van der Waals surface area contributed by atoms with Crippen molar-refractivity contribution in [3.05, 3.63) is 65.2 Å². The molecule has 0 aliphatic rings. The number of benzene rings is 2. The van der Waals surface area contributed by atoms with Gasteiger partial charge in [-0.25, -0.2) is 0 Å². The highest BCUT2D eigenvalue weighted by atomic mass is 16.5. The molecule has 0 spiro atoms. The third kappa shape index (κ3) is 4.57. The Bertz CT molecular complexity index is 760. The van der Waals surface area contributed by atoms with E-state index < -0.39 is 5.91 Å². The molecule has 2 amide bonds. The summed E-state index contributed by atoms with van der Waals surface area (Å²) in [6.45, 7) is -0.110. The summed E-state index contributed by atoms with van der Waals surface area (Å²) in [7, 11) is 0. The van der Waals surface area contributed by atoms with Crippen LogP contribution in [0.5, 0.6) is 5.75 Å². The number of amides is 2. The van der Waals surface area contributed by atoms with Gasteiger partial charge in [0, 0.05) is 23.2 Å². The summed E-state index contributed by atoms with van der Waals surface area (Å²) in [6.07, 6.45) is 0. The van der Waals surface area contributed by atoms with Crippen molar-refractivity contribution in [3.63, 3.8) is 0 Å². The second-order valence-electron chi connectivity index (χ2n) is 5.04. The van der Waals surface area contributed by atoms with Crippen LogP contribution in [0.15, 0.2) is 48.5 Å². The summed E-state index contributed by atoms with van der Waals surface area (Å²) in [4.78, 5) is 23.0. The molecular weight excluding hydrogens is 308 g/mol. The van der Waals surface area contributed by atoms with Gasteiger partial charge in [0.05, 0.1) is 0 Å². The van der Waals surface area contributed by atoms with E-state index in [-0.39, 0.29) is 24.9 Å². The number of carbonyl (C=O) groups is 2. The van der Waals surface area contributed by atoms with Crippen LogP contribution < -0.4 is 21.5 Å². The molecule has 7 heteroatoms. The quantitative estimate of drug-likeness (QED) is 0.442. The molecule has 0 heterocycles. The zero-order valence-electron chi connectivity index (χ0n) is 12.9. The smallest absolute Gasteiger partial charge is 0.255 e. The Hall–Kier alpha value is -3.35. The van der Waals surface area contributed by atoms with E-state index in [4.69, 9.17) is 21.6 Å². The lowest BCUT2D eigenvalue weighted by molar-refractivity contribution is -0.119. The second kappa shape index (κ2) is 7.77. The number of hydrogen-bond acceptors (Lipinski definition) is 4. The van der Waals surface area contributed by atoms with Crippen LogP contribution in [-0.2, 0) is 11.3 Å². The number of rotatable bonds is 7. The molecule has 0 radical (unpaired) electrons. The maximum atomic E-state index is 12.1. The van der Waals surface area contributed by atoms with Crippen LogP contribution in [0.4, 0.5) is 0 Å². The molecule has 124 valence electrons. The van der Waals surface area contributed by atoms with E-state index in [0.717, 1.165) is 0 Å². The third-order valence-electron chi connectivity index (χ3n) is 3.22. The topological polar surface area (TPSA) is 131 Å². The summed E-state index contributed by atoms with van der Waals surface area (Å²) in [5.74, 6) is -0.636. The Morgan fingerprint density at radius 2 is 1.75 bits per heavy atom. The number of nitrogens with two attached hydrogens (primary N) is 2. The fourth-order valence-electron chi connectivity index (χ4n) is 2.02. The van der Waals surface area contributed by atoms with Gasteiger partial charge >= 0.3 is 0 Å². The van der Waals surface area contributed by atoms with Gasteiger partial charge in [0.2, 0.25) is 0 Å². The predicted molar refractivity (Wildman–Crippen MR) is 89.8 cm³/mol. The van der Waals surface area contributed by atoms with E-state index in [1.807, 2.05) is 6.07 Å². The molecule has 0 bridgehead atoms. The van der Waals surface area contributed by atoms with Crippen LogP contribution in [0.2, 0.25) is 0 Å².